The summed E-state index contributed by atoms with van der Waals surface area (Å²) in [6.07, 6.45) is -5.85. The van der Waals surface area contributed by atoms with E-state index in [1.54, 1.807) is 0 Å². The molecule has 1 nitrogen and oxygen atoms in total. The number of alkyl halides is 5. The zero-order valence-electron chi connectivity index (χ0n) is 8.52. The quantitative estimate of drug-likeness (QED) is 0.815. The molecule has 1 unspecified atom stereocenters. The van der Waals surface area contributed by atoms with Crippen molar-refractivity contribution in [1.29, 1.82) is 0 Å². The van der Waals surface area contributed by atoms with Crippen LogP contribution in [-0.4, -0.2) is 17.2 Å². The Labute approximate surface area is 98.8 Å². The lowest BCUT2D eigenvalue weighted by Gasteiger charge is -2.34. The third-order valence-electron chi connectivity index (χ3n) is 2.35. The van der Waals surface area contributed by atoms with Crippen LogP contribution in [0.15, 0.2) is 24.3 Å². The van der Waals surface area contributed by atoms with E-state index in [0.29, 0.717) is 6.92 Å². The maximum atomic E-state index is 13.1. The van der Waals surface area contributed by atoms with E-state index in [9.17, 15) is 27.1 Å². The van der Waals surface area contributed by atoms with E-state index in [1.807, 2.05) is 0 Å². The molecule has 17 heavy (non-hydrogen) atoms. The summed E-state index contributed by atoms with van der Waals surface area (Å²) in [6, 6.07) is 4.29. The SMILES string of the molecule is CC(O)(c1cccc(Cl)c1)C(F)(F)C(F)(F)F. The van der Waals surface area contributed by atoms with E-state index < -0.39 is 23.3 Å². The molecule has 0 bridgehead atoms. The molecule has 0 saturated heterocycles. The van der Waals surface area contributed by atoms with Gasteiger partial charge in [-0.05, 0) is 24.6 Å². The fourth-order valence-corrected chi connectivity index (χ4v) is 1.44. The predicted molar refractivity (Wildman–Crippen MR) is 52.0 cm³/mol. The van der Waals surface area contributed by atoms with E-state index in [2.05, 4.69) is 0 Å². The summed E-state index contributed by atoms with van der Waals surface area (Å²) in [5.41, 5.74) is -3.98. The van der Waals surface area contributed by atoms with Crippen molar-refractivity contribution >= 4 is 11.6 Å². The van der Waals surface area contributed by atoms with E-state index in [0.717, 1.165) is 12.1 Å². The van der Waals surface area contributed by atoms with Crippen molar-refractivity contribution in [1.82, 2.24) is 0 Å². The van der Waals surface area contributed by atoms with Crippen LogP contribution in [0.5, 0.6) is 0 Å². The van der Waals surface area contributed by atoms with Crippen LogP contribution in [0.3, 0.4) is 0 Å². The molecular weight excluding hydrogens is 267 g/mol. The molecule has 0 heterocycles. The number of aliphatic hydroxyl groups is 1. The topological polar surface area (TPSA) is 20.2 Å². The second-order valence-electron chi connectivity index (χ2n) is 3.65. The summed E-state index contributed by atoms with van der Waals surface area (Å²) in [7, 11) is 0. The smallest absolute Gasteiger partial charge is 0.379 e. The molecule has 7 heteroatoms. The van der Waals surface area contributed by atoms with Gasteiger partial charge in [0.15, 0.2) is 5.60 Å². The molecule has 0 saturated carbocycles. The Morgan fingerprint density at radius 2 is 1.65 bits per heavy atom. The van der Waals surface area contributed by atoms with E-state index in [1.165, 1.54) is 12.1 Å². The van der Waals surface area contributed by atoms with E-state index in [4.69, 9.17) is 11.6 Å². The van der Waals surface area contributed by atoms with Gasteiger partial charge >= 0.3 is 12.1 Å². The molecule has 0 aliphatic heterocycles. The molecule has 0 aliphatic carbocycles. The maximum absolute atomic E-state index is 13.1. The molecule has 1 aromatic rings. The number of hydrogen-bond donors (Lipinski definition) is 1. The minimum absolute atomic E-state index is 0.0410. The summed E-state index contributed by atoms with van der Waals surface area (Å²) < 4.78 is 62.7. The summed E-state index contributed by atoms with van der Waals surface area (Å²) in [5.74, 6) is -5.27. The van der Waals surface area contributed by atoms with Crippen LogP contribution in [-0.2, 0) is 5.60 Å². The highest BCUT2D eigenvalue weighted by Gasteiger charge is 2.68. The van der Waals surface area contributed by atoms with E-state index >= 15 is 0 Å². The average Bonchev–Trinajstić information content (AvgIpc) is 2.15. The summed E-state index contributed by atoms with van der Waals surface area (Å²) >= 11 is 5.48. The largest absolute Gasteiger partial charge is 0.456 e. The van der Waals surface area contributed by atoms with Crippen molar-refractivity contribution in [3.05, 3.63) is 34.9 Å². The van der Waals surface area contributed by atoms with Gasteiger partial charge in [0.25, 0.3) is 0 Å². The number of hydrogen-bond acceptors (Lipinski definition) is 1. The lowest BCUT2D eigenvalue weighted by molar-refractivity contribution is -0.342. The molecule has 96 valence electrons. The molecule has 0 fully saturated rings. The fourth-order valence-electron chi connectivity index (χ4n) is 1.25. The van der Waals surface area contributed by atoms with Crippen LogP contribution in [0, 0.1) is 0 Å². The minimum Gasteiger partial charge on any atom is -0.379 e. The van der Waals surface area contributed by atoms with Crippen LogP contribution in [0.1, 0.15) is 12.5 Å². The van der Waals surface area contributed by atoms with Crippen molar-refractivity contribution in [2.45, 2.75) is 24.6 Å². The Hall–Kier alpha value is -0.880. The normalized spacial score (nSPS) is 16.7. The van der Waals surface area contributed by atoms with Crippen LogP contribution >= 0.6 is 11.6 Å². The Morgan fingerprint density at radius 1 is 1.12 bits per heavy atom. The van der Waals surface area contributed by atoms with Gasteiger partial charge in [0.1, 0.15) is 0 Å². The third kappa shape index (κ3) is 2.37. The van der Waals surface area contributed by atoms with Crippen molar-refractivity contribution < 1.29 is 27.1 Å². The van der Waals surface area contributed by atoms with Gasteiger partial charge in [-0.2, -0.15) is 22.0 Å². The molecular formula is C10H8ClF5O. The van der Waals surface area contributed by atoms with Crippen LogP contribution < -0.4 is 0 Å². The van der Waals surface area contributed by atoms with Crippen LogP contribution in [0.4, 0.5) is 22.0 Å². The zero-order valence-corrected chi connectivity index (χ0v) is 9.28. The molecule has 0 aromatic heterocycles. The van der Waals surface area contributed by atoms with Gasteiger partial charge in [-0.25, -0.2) is 0 Å². The van der Waals surface area contributed by atoms with Crippen molar-refractivity contribution in [3.63, 3.8) is 0 Å². The highest BCUT2D eigenvalue weighted by atomic mass is 35.5. The van der Waals surface area contributed by atoms with E-state index in [-0.39, 0.29) is 5.02 Å². The standard InChI is InChI=1S/C10H8ClF5O/c1-8(17,9(12,13)10(14,15)16)6-3-2-4-7(11)5-6/h2-5,17H,1H3. The molecule has 1 atom stereocenters. The molecule has 1 aromatic carbocycles. The molecule has 1 rings (SSSR count). The van der Waals surface area contributed by atoms with Crippen molar-refractivity contribution in [2.75, 3.05) is 0 Å². The first kappa shape index (κ1) is 14.2. The van der Waals surface area contributed by atoms with Crippen LogP contribution in [0.2, 0.25) is 5.02 Å². The summed E-state index contributed by atoms with van der Waals surface area (Å²) in [5, 5.41) is 9.40. The molecule has 0 radical (unpaired) electrons. The van der Waals surface area contributed by atoms with Crippen molar-refractivity contribution in [3.8, 4) is 0 Å². The van der Waals surface area contributed by atoms with Gasteiger partial charge < -0.3 is 5.11 Å². The first-order chi connectivity index (χ1) is 7.50. The highest BCUT2D eigenvalue weighted by Crippen LogP contribution is 2.48. The van der Waals surface area contributed by atoms with Gasteiger partial charge in [0.05, 0.1) is 0 Å². The molecule has 0 aliphatic rings. The average molecular weight is 275 g/mol. The Balaban J connectivity index is 3.28. The highest BCUT2D eigenvalue weighted by molar-refractivity contribution is 6.30. The van der Waals surface area contributed by atoms with Gasteiger partial charge in [0.2, 0.25) is 0 Å². The second-order valence-corrected chi connectivity index (χ2v) is 4.09. The fraction of sp³-hybridized carbons (Fsp3) is 0.400. The number of rotatable bonds is 2. The van der Waals surface area contributed by atoms with Gasteiger partial charge in [-0.3, -0.25) is 0 Å². The Bertz CT molecular complexity index is 413. The zero-order chi connectivity index (χ0) is 13.5. The molecule has 0 spiro atoms. The monoisotopic (exact) mass is 274 g/mol. The molecule has 1 N–H and O–H groups in total. The number of halogens is 6. The summed E-state index contributed by atoms with van der Waals surface area (Å²) in [4.78, 5) is 0. The lowest BCUT2D eigenvalue weighted by atomic mass is 9.89. The lowest BCUT2D eigenvalue weighted by Crippen LogP contribution is -2.53. The Morgan fingerprint density at radius 3 is 2.06 bits per heavy atom. The predicted octanol–water partition coefficient (Wildman–Crippen LogP) is 3.75. The minimum atomic E-state index is -5.85. The first-order valence-electron chi connectivity index (χ1n) is 4.43. The van der Waals surface area contributed by atoms with Crippen molar-refractivity contribution in [2.24, 2.45) is 0 Å². The summed E-state index contributed by atoms with van der Waals surface area (Å²) in [6.45, 7) is 0.395. The Kier molecular flexibility index (Phi) is 3.42. The number of benzene rings is 1. The van der Waals surface area contributed by atoms with Gasteiger partial charge in [-0.15, -0.1) is 0 Å². The van der Waals surface area contributed by atoms with Crippen LogP contribution in [0.25, 0.3) is 0 Å². The maximum Gasteiger partial charge on any atom is 0.456 e. The third-order valence-corrected chi connectivity index (χ3v) is 2.59. The van der Waals surface area contributed by atoms with Gasteiger partial charge in [0, 0.05) is 5.02 Å². The van der Waals surface area contributed by atoms with Gasteiger partial charge in [-0.1, -0.05) is 23.7 Å². The first-order valence-corrected chi connectivity index (χ1v) is 4.81. The molecule has 0 amide bonds. The second kappa shape index (κ2) is 4.10.